The first-order valence-corrected chi connectivity index (χ1v) is 11.5. The zero-order valence-corrected chi connectivity index (χ0v) is 18.4. The number of likely N-dealkylation sites (tertiary alicyclic amines) is 1. The lowest BCUT2D eigenvalue weighted by Gasteiger charge is -2.31. The van der Waals surface area contributed by atoms with Gasteiger partial charge in [-0.2, -0.15) is 0 Å². The van der Waals surface area contributed by atoms with Crippen molar-refractivity contribution in [2.75, 3.05) is 24.9 Å². The molecular formula is C21H24ClN3O4S. The molecule has 0 spiro atoms. The Hall–Kier alpha value is -2.58. The quantitative estimate of drug-likeness (QED) is 0.733. The lowest BCUT2D eigenvalue weighted by molar-refractivity contribution is -0.125. The first kappa shape index (κ1) is 22.1. The second-order valence-corrected chi connectivity index (χ2v) is 9.39. The number of nitrogens with one attached hydrogen (secondary N) is 2. The molecule has 0 aliphatic carbocycles. The SMILES string of the molecule is CNC(=O)C1CCN(C(=O)c2cc(S(=O)(=O)Nc3cccc(C)c3)ccc2Cl)CC1. The molecule has 2 aromatic carbocycles. The van der Waals surface area contributed by atoms with Gasteiger partial charge in [0.05, 0.1) is 15.5 Å². The monoisotopic (exact) mass is 449 g/mol. The van der Waals surface area contributed by atoms with Crippen molar-refractivity contribution in [3.8, 4) is 0 Å². The molecule has 2 amide bonds. The van der Waals surface area contributed by atoms with E-state index >= 15 is 0 Å². The highest BCUT2D eigenvalue weighted by Crippen LogP contribution is 2.26. The smallest absolute Gasteiger partial charge is 0.261 e. The van der Waals surface area contributed by atoms with Crippen molar-refractivity contribution in [3.63, 3.8) is 0 Å². The summed E-state index contributed by atoms with van der Waals surface area (Å²) in [6, 6.07) is 11.1. The van der Waals surface area contributed by atoms with E-state index in [0.29, 0.717) is 31.6 Å². The lowest BCUT2D eigenvalue weighted by Crippen LogP contribution is -2.42. The van der Waals surface area contributed by atoms with Crippen molar-refractivity contribution in [2.45, 2.75) is 24.7 Å². The van der Waals surface area contributed by atoms with E-state index < -0.39 is 10.0 Å². The molecular weight excluding hydrogens is 426 g/mol. The average molecular weight is 450 g/mol. The third-order valence-electron chi connectivity index (χ3n) is 5.15. The van der Waals surface area contributed by atoms with Crippen LogP contribution in [0.25, 0.3) is 0 Å². The van der Waals surface area contributed by atoms with Crippen LogP contribution in [0.2, 0.25) is 5.02 Å². The summed E-state index contributed by atoms with van der Waals surface area (Å²) in [6.07, 6.45) is 1.10. The van der Waals surface area contributed by atoms with Gasteiger partial charge in [0.2, 0.25) is 5.91 Å². The van der Waals surface area contributed by atoms with Gasteiger partial charge in [0.1, 0.15) is 0 Å². The predicted molar refractivity (Wildman–Crippen MR) is 116 cm³/mol. The van der Waals surface area contributed by atoms with Crippen LogP contribution in [-0.2, 0) is 14.8 Å². The van der Waals surface area contributed by atoms with Crippen LogP contribution in [-0.4, -0.2) is 45.3 Å². The van der Waals surface area contributed by atoms with Crippen LogP contribution in [0.1, 0.15) is 28.8 Å². The normalized spacial score (nSPS) is 15.0. The Balaban J connectivity index is 1.79. The number of hydrogen-bond acceptors (Lipinski definition) is 4. The van der Waals surface area contributed by atoms with Crippen LogP contribution in [0.5, 0.6) is 0 Å². The molecule has 0 radical (unpaired) electrons. The zero-order valence-electron chi connectivity index (χ0n) is 16.8. The maximum absolute atomic E-state index is 13.0. The second-order valence-electron chi connectivity index (χ2n) is 7.30. The molecule has 7 nitrogen and oxygen atoms in total. The van der Waals surface area contributed by atoms with E-state index in [9.17, 15) is 18.0 Å². The molecule has 9 heteroatoms. The number of carbonyl (C=O) groups excluding carboxylic acids is 2. The third kappa shape index (κ3) is 4.94. The standard InChI is InChI=1S/C21H24ClN3O4S/c1-14-4-3-5-16(12-14)24-30(28,29)17-6-7-19(22)18(13-17)21(27)25-10-8-15(9-11-25)20(26)23-2/h3-7,12-13,15,24H,8-11H2,1-2H3,(H,23,26). The van der Waals surface area contributed by atoms with Crippen LogP contribution in [0.3, 0.4) is 0 Å². The van der Waals surface area contributed by atoms with Gasteiger partial charge >= 0.3 is 0 Å². The van der Waals surface area contributed by atoms with Gasteiger partial charge in [0.15, 0.2) is 0 Å². The molecule has 1 heterocycles. The number of anilines is 1. The van der Waals surface area contributed by atoms with Crippen molar-refractivity contribution in [1.82, 2.24) is 10.2 Å². The molecule has 30 heavy (non-hydrogen) atoms. The molecule has 1 saturated heterocycles. The molecule has 2 N–H and O–H groups in total. The summed E-state index contributed by atoms with van der Waals surface area (Å²) < 4.78 is 28.1. The van der Waals surface area contributed by atoms with Gasteiger partial charge in [-0.25, -0.2) is 8.42 Å². The van der Waals surface area contributed by atoms with Gasteiger partial charge in [-0.3, -0.25) is 14.3 Å². The fourth-order valence-electron chi connectivity index (χ4n) is 3.48. The molecule has 0 atom stereocenters. The number of carbonyl (C=O) groups is 2. The number of benzene rings is 2. The van der Waals surface area contributed by atoms with Crippen molar-refractivity contribution in [1.29, 1.82) is 0 Å². The molecule has 1 aliphatic heterocycles. The highest BCUT2D eigenvalue weighted by Gasteiger charge is 2.29. The fraction of sp³-hybridized carbons (Fsp3) is 0.333. The van der Waals surface area contributed by atoms with Crippen LogP contribution >= 0.6 is 11.6 Å². The van der Waals surface area contributed by atoms with E-state index in [4.69, 9.17) is 11.6 Å². The van der Waals surface area contributed by atoms with Crippen molar-refractivity contribution in [2.24, 2.45) is 5.92 Å². The van der Waals surface area contributed by atoms with Crippen molar-refractivity contribution < 1.29 is 18.0 Å². The topological polar surface area (TPSA) is 95.6 Å². The second kappa shape index (κ2) is 9.06. The van der Waals surface area contributed by atoms with E-state index in [1.54, 1.807) is 30.1 Å². The maximum Gasteiger partial charge on any atom is 0.261 e. The average Bonchev–Trinajstić information content (AvgIpc) is 2.72. The van der Waals surface area contributed by atoms with E-state index in [-0.39, 0.29) is 33.2 Å². The number of aryl methyl sites for hydroxylation is 1. The number of hydrogen-bond donors (Lipinski definition) is 2. The van der Waals surface area contributed by atoms with Gasteiger partial charge < -0.3 is 10.2 Å². The summed E-state index contributed by atoms with van der Waals surface area (Å²) in [5, 5.41) is 2.81. The van der Waals surface area contributed by atoms with Gasteiger partial charge in [0, 0.05) is 31.7 Å². The fourth-order valence-corrected chi connectivity index (χ4v) is 4.75. The number of rotatable bonds is 5. The van der Waals surface area contributed by atoms with Crippen LogP contribution in [0.4, 0.5) is 5.69 Å². The Morgan fingerprint density at radius 3 is 2.43 bits per heavy atom. The molecule has 0 aromatic heterocycles. The molecule has 160 valence electrons. The summed E-state index contributed by atoms with van der Waals surface area (Å²) >= 11 is 6.22. The van der Waals surface area contributed by atoms with Gasteiger partial charge in [0.25, 0.3) is 15.9 Å². The largest absolute Gasteiger partial charge is 0.359 e. The summed E-state index contributed by atoms with van der Waals surface area (Å²) in [7, 11) is -2.30. The van der Waals surface area contributed by atoms with E-state index in [1.807, 2.05) is 13.0 Å². The Morgan fingerprint density at radius 2 is 1.80 bits per heavy atom. The van der Waals surface area contributed by atoms with E-state index in [2.05, 4.69) is 10.0 Å². The van der Waals surface area contributed by atoms with E-state index in [0.717, 1.165) is 5.56 Å². The predicted octanol–water partition coefficient (Wildman–Crippen LogP) is 3.05. The first-order valence-electron chi connectivity index (χ1n) is 9.61. The van der Waals surface area contributed by atoms with Crippen LogP contribution in [0.15, 0.2) is 47.4 Å². The first-order chi connectivity index (χ1) is 14.2. The number of amides is 2. The van der Waals surface area contributed by atoms with Crippen LogP contribution in [0, 0.1) is 12.8 Å². The van der Waals surface area contributed by atoms with E-state index in [1.165, 1.54) is 18.2 Å². The molecule has 1 fully saturated rings. The molecule has 2 aromatic rings. The molecule has 0 bridgehead atoms. The van der Waals surface area contributed by atoms with Crippen molar-refractivity contribution >= 4 is 39.1 Å². The van der Waals surface area contributed by atoms with Gasteiger partial charge in [-0.05, 0) is 55.7 Å². The molecule has 0 unspecified atom stereocenters. The summed E-state index contributed by atoms with van der Waals surface area (Å²) in [6.45, 7) is 2.68. The number of sulfonamides is 1. The Morgan fingerprint density at radius 1 is 1.10 bits per heavy atom. The minimum absolute atomic E-state index is 0.0320. The highest BCUT2D eigenvalue weighted by molar-refractivity contribution is 7.92. The lowest BCUT2D eigenvalue weighted by atomic mass is 9.95. The summed E-state index contributed by atoms with van der Waals surface area (Å²) in [4.78, 5) is 26.3. The minimum Gasteiger partial charge on any atom is -0.359 e. The zero-order chi connectivity index (χ0) is 21.9. The molecule has 3 rings (SSSR count). The number of piperidine rings is 1. The van der Waals surface area contributed by atoms with Crippen molar-refractivity contribution in [3.05, 3.63) is 58.6 Å². The summed E-state index contributed by atoms with van der Waals surface area (Å²) in [5.41, 5.74) is 1.48. The van der Waals surface area contributed by atoms with Crippen LogP contribution < -0.4 is 10.0 Å². The van der Waals surface area contributed by atoms with Gasteiger partial charge in [-0.1, -0.05) is 23.7 Å². The minimum atomic E-state index is -3.89. The Labute approximate surface area is 181 Å². The maximum atomic E-state index is 13.0. The summed E-state index contributed by atoms with van der Waals surface area (Å²) in [5.74, 6) is -0.502. The Bertz CT molecular complexity index is 1060. The molecule has 0 saturated carbocycles. The third-order valence-corrected chi connectivity index (χ3v) is 6.86. The molecule has 1 aliphatic rings. The number of nitrogens with zero attached hydrogens (tertiary/aromatic N) is 1. The van der Waals surface area contributed by atoms with Gasteiger partial charge in [-0.15, -0.1) is 0 Å². The number of halogens is 1. The Kier molecular flexibility index (Phi) is 6.67. The highest BCUT2D eigenvalue weighted by atomic mass is 35.5.